The first kappa shape index (κ1) is 25.8. The van der Waals surface area contributed by atoms with Crippen molar-refractivity contribution in [3.8, 4) is 0 Å². The van der Waals surface area contributed by atoms with E-state index in [1.807, 2.05) is 51.1 Å². The van der Waals surface area contributed by atoms with E-state index in [9.17, 15) is 22.4 Å². The van der Waals surface area contributed by atoms with Crippen LogP contribution in [0.2, 0.25) is 0 Å². The molecule has 1 amide bonds. The molecule has 1 saturated heterocycles. The van der Waals surface area contributed by atoms with Crippen LogP contribution in [0.25, 0.3) is 0 Å². The number of carbonyl (C=O) groups is 2. The number of rotatable bonds is 7. The number of benzene rings is 2. The molecule has 0 radical (unpaired) electrons. The Morgan fingerprint density at radius 1 is 1.03 bits per heavy atom. The highest BCUT2D eigenvalue weighted by molar-refractivity contribution is 7.89. The lowest BCUT2D eigenvalue weighted by atomic mass is 10.0. The molecule has 1 aliphatic rings. The van der Waals surface area contributed by atoms with Gasteiger partial charge in [0.15, 0.2) is 6.61 Å². The first-order chi connectivity index (χ1) is 16.0. The van der Waals surface area contributed by atoms with Crippen molar-refractivity contribution in [2.45, 2.75) is 57.0 Å². The summed E-state index contributed by atoms with van der Waals surface area (Å²) in [5, 5.41) is 0. The standard InChI is InChI=1S/C25H31FN2O5S/c1-25(2,3)28(17-19-10-6-4-7-11-19)23(29)18-33-24(30)20-12-13-21(26)22(16-20)34(31,32)27-14-8-5-9-15-27/h4,6-7,10-13,16H,5,8-9,14-15,17-18H2,1-3H3. The maximum absolute atomic E-state index is 14.4. The third-order valence-electron chi connectivity index (χ3n) is 5.72. The predicted molar refractivity (Wildman–Crippen MR) is 126 cm³/mol. The van der Waals surface area contributed by atoms with Gasteiger partial charge in [0.1, 0.15) is 10.7 Å². The largest absolute Gasteiger partial charge is 0.452 e. The third-order valence-corrected chi connectivity index (χ3v) is 7.63. The van der Waals surface area contributed by atoms with Crippen molar-refractivity contribution < 1.29 is 27.1 Å². The molecule has 184 valence electrons. The number of amides is 1. The molecule has 0 atom stereocenters. The molecule has 0 aliphatic carbocycles. The van der Waals surface area contributed by atoms with Gasteiger partial charge in [0.25, 0.3) is 5.91 Å². The molecule has 0 saturated carbocycles. The second-order valence-electron chi connectivity index (χ2n) is 9.32. The van der Waals surface area contributed by atoms with Gasteiger partial charge in [0.2, 0.25) is 10.0 Å². The summed E-state index contributed by atoms with van der Waals surface area (Å²) < 4.78 is 46.6. The zero-order valence-corrected chi connectivity index (χ0v) is 20.6. The number of hydrogen-bond acceptors (Lipinski definition) is 5. The summed E-state index contributed by atoms with van der Waals surface area (Å²) >= 11 is 0. The molecule has 0 N–H and O–H groups in total. The molecule has 1 heterocycles. The maximum atomic E-state index is 14.4. The van der Waals surface area contributed by atoms with E-state index >= 15 is 0 Å². The summed E-state index contributed by atoms with van der Waals surface area (Å²) in [7, 11) is -4.07. The first-order valence-corrected chi connectivity index (χ1v) is 12.8. The quantitative estimate of drug-likeness (QED) is 0.548. The molecule has 0 spiro atoms. The SMILES string of the molecule is CC(C)(C)N(Cc1ccccc1)C(=O)COC(=O)c1ccc(F)c(S(=O)(=O)N2CCCCC2)c1. The monoisotopic (exact) mass is 490 g/mol. The van der Waals surface area contributed by atoms with Crippen molar-refractivity contribution >= 4 is 21.9 Å². The average Bonchev–Trinajstić information content (AvgIpc) is 2.81. The molecule has 3 rings (SSSR count). The zero-order valence-electron chi connectivity index (χ0n) is 19.8. The number of nitrogens with zero attached hydrogens (tertiary/aromatic N) is 2. The molecular weight excluding hydrogens is 459 g/mol. The van der Waals surface area contributed by atoms with Crippen LogP contribution in [0.15, 0.2) is 53.4 Å². The van der Waals surface area contributed by atoms with Gasteiger partial charge in [-0.05, 0) is 57.4 Å². The Hall–Kier alpha value is -2.78. The fourth-order valence-electron chi connectivity index (χ4n) is 3.83. The van der Waals surface area contributed by atoms with Gasteiger partial charge in [-0.1, -0.05) is 36.8 Å². The lowest BCUT2D eigenvalue weighted by Crippen LogP contribution is -2.46. The number of sulfonamides is 1. The molecule has 0 unspecified atom stereocenters. The van der Waals surface area contributed by atoms with Gasteiger partial charge >= 0.3 is 5.97 Å². The molecule has 1 fully saturated rings. The molecule has 1 aliphatic heterocycles. The number of piperidine rings is 1. The molecule has 34 heavy (non-hydrogen) atoms. The van der Waals surface area contributed by atoms with E-state index in [1.54, 1.807) is 4.90 Å². The van der Waals surface area contributed by atoms with E-state index in [4.69, 9.17) is 4.74 Å². The van der Waals surface area contributed by atoms with Gasteiger partial charge in [0, 0.05) is 25.2 Å². The van der Waals surface area contributed by atoms with Crippen molar-refractivity contribution in [2.75, 3.05) is 19.7 Å². The third kappa shape index (κ3) is 6.21. The number of halogens is 1. The van der Waals surface area contributed by atoms with E-state index in [1.165, 1.54) is 4.31 Å². The Labute approximate surface area is 200 Å². The van der Waals surface area contributed by atoms with Crippen molar-refractivity contribution in [3.05, 3.63) is 65.5 Å². The summed E-state index contributed by atoms with van der Waals surface area (Å²) in [6.45, 7) is 6.10. The van der Waals surface area contributed by atoms with E-state index in [0.29, 0.717) is 32.5 Å². The van der Waals surface area contributed by atoms with Crippen molar-refractivity contribution in [1.82, 2.24) is 9.21 Å². The van der Waals surface area contributed by atoms with Crippen LogP contribution < -0.4 is 0 Å². The summed E-state index contributed by atoms with van der Waals surface area (Å²) in [5.74, 6) is -2.22. The molecule has 0 bridgehead atoms. The summed E-state index contributed by atoms with van der Waals surface area (Å²) in [5.41, 5.74) is 0.281. The van der Waals surface area contributed by atoms with Crippen LogP contribution in [-0.4, -0.2) is 54.7 Å². The summed E-state index contributed by atoms with van der Waals surface area (Å²) in [6, 6.07) is 12.5. The van der Waals surface area contributed by atoms with Crippen molar-refractivity contribution in [3.63, 3.8) is 0 Å². The maximum Gasteiger partial charge on any atom is 0.338 e. The van der Waals surface area contributed by atoms with Gasteiger partial charge in [-0.15, -0.1) is 0 Å². The van der Waals surface area contributed by atoms with Crippen LogP contribution in [-0.2, 0) is 26.1 Å². The lowest BCUT2D eigenvalue weighted by Gasteiger charge is -2.35. The fourth-order valence-corrected chi connectivity index (χ4v) is 5.43. The number of carbonyl (C=O) groups excluding carboxylic acids is 2. The van der Waals surface area contributed by atoms with Crippen LogP contribution >= 0.6 is 0 Å². The second-order valence-corrected chi connectivity index (χ2v) is 11.2. The highest BCUT2D eigenvalue weighted by Gasteiger charge is 2.30. The highest BCUT2D eigenvalue weighted by Crippen LogP contribution is 2.24. The predicted octanol–water partition coefficient (Wildman–Crippen LogP) is 3.98. The van der Waals surface area contributed by atoms with Crippen molar-refractivity contribution in [2.24, 2.45) is 0 Å². The van der Waals surface area contributed by atoms with Gasteiger partial charge in [-0.3, -0.25) is 4.79 Å². The Morgan fingerprint density at radius 2 is 1.68 bits per heavy atom. The zero-order chi connectivity index (χ0) is 24.9. The molecular formula is C25H31FN2O5S. The van der Waals surface area contributed by atoms with Crippen LogP contribution in [0, 0.1) is 5.82 Å². The highest BCUT2D eigenvalue weighted by atomic mass is 32.2. The Morgan fingerprint density at radius 3 is 2.29 bits per heavy atom. The minimum atomic E-state index is -4.07. The molecule has 7 nitrogen and oxygen atoms in total. The van der Waals surface area contributed by atoms with Crippen LogP contribution in [0.3, 0.4) is 0 Å². The summed E-state index contributed by atoms with van der Waals surface area (Å²) in [6.07, 6.45) is 2.33. The van der Waals surface area contributed by atoms with Gasteiger partial charge in [0.05, 0.1) is 5.56 Å². The molecule has 9 heteroatoms. The van der Waals surface area contributed by atoms with E-state index in [-0.39, 0.29) is 5.56 Å². The fraction of sp³-hybridized carbons (Fsp3) is 0.440. The lowest BCUT2D eigenvalue weighted by molar-refractivity contribution is -0.140. The molecule has 0 aromatic heterocycles. The normalized spacial score (nSPS) is 15.1. The van der Waals surface area contributed by atoms with Gasteiger partial charge in [-0.25, -0.2) is 17.6 Å². The second kappa shape index (κ2) is 10.7. The Bertz CT molecular complexity index is 1120. The van der Waals surface area contributed by atoms with Gasteiger partial charge < -0.3 is 9.64 Å². The average molecular weight is 491 g/mol. The number of ether oxygens (including phenoxy) is 1. The number of hydrogen-bond donors (Lipinski definition) is 0. The minimum absolute atomic E-state index is 0.129. The smallest absolute Gasteiger partial charge is 0.338 e. The number of esters is 1. The van der Waals surface area contributed by atoms with Crippen LogP contribution in [0.4, 0.5) is 4.39 Å². The van der Waals surface area contributed by atoms with Crippen LogP contribution in [0.1, 0.15) is 56.0 Å². The summed E-state index contributed by atoms with van der Waals surface area (Å²) in [4.78, 5) is 26.6. The van der Waals surface area contributed by atoms with Gasteiger partial charge in [-0.2, -0.15) is 4.31 Å². The minimum Gasteiger partial charge on any atom is -0.452 e. The van der Waals surface area contributed by atoms with E-state index in [2.05, 4.69) is 0 Å². The first-order valence-electron chi connectivity index (χ1n) is 11.3. The topological polar surface area (TPSA) is 84.0 Å². The Kier molecular flexibility index (Phi) is 8.09. The van der Waals surface area contributed by atoms with Crippen molar-refractivity contribution in [1.29, 1.82) is 0 Å². The van der Waals surface area contributed by atoms with E-state index in [0.717, 1.165) is 30.2 Å². The Balaban J connectivity index is 1.72. The molecule has 2 aromatic rings. The van der Waals surface area contributed by atoms with Crippen LogP contribution in [0.5, 0.6) is 0 Å². The molecule has 2 aromatic carbocycles. The van der Waals surface area contributed by atoms with E-state index < -0.39 is 44.8 Å².